The molecule has 14 heavy (non-hydrogen) atoms. The molecule has 0 aliphatic heterocycles. The Balaban J connectivity index is 2.59. The summed E-state index contributed by atoms with van der Waals surface area (Å²) >= 11 is 0. The van der Waals surface area contributed by atoms with Crippen LogP contribution in [0.2, 0.25) is 0 Å². The zero-order chi connectivity index (χ0) is 10.1. The van der Waals surface area contributed by atoms with Crippen LogP contribution >= 0.6 is 0 Å². The molecule has 0 saturated carbocycles. The largest absolute Gasteiger partial charge is 0.310 e. The lowest BCUT2D eigenvalue weighted by Crippen LogP contribution is -2.07. The molecule has 2 heterocycles. The van der Waals surface area contributed by atoms with Crippen LogP contribution in [0.1, 0.15) is 6.92 Å². The van der Waals surface area contributed by atoms with Crippen molar-refractivity contribution in [2.45, 2.75) is 6.92 Å². The lowest BCUT2D eigenvalue weighted by molar-refractivity contribution is -0.114. The smallest absolute Gasteiger partial charge is 0.222 e. The monoisotopic (exact) mass is 190 g/mol. The second kappa shape index (κ2) is 3.10. The van der Waals surface area contributed by atoms with E-state index >= 15 is 0 Å². The summed E-state index contributed by atoms with van der Waals surface area (Å²) in [6.45, 7) is 1.46. The molecule has 0 atom stereocenters. The van der Waals surface area contributed by atoms with Crippen LogP contribution in [0.4, 0.5) is 5.82 Å². The third-order valence-corrected chi connectivity index (χ3v) is 1.97. The van der Waals surface area contributed by atoms with E-state index < -0.39 is 0 Å². The fourth-order valence-electron chi connectivity index (χ4n) is 1.35. The SMILES string of the molecule is CC(=O)Nc1nccc2c1cnn2C. The highest BCUT2D eigenvalue weighted by Crippen LogP contribution is 2.19. The molecule has 5 heteroatoms. The van der Waals surface area contributed by atoms with Crippen molar-refractivity contribution in [1.82, 2.24) is 14.8 Å². The van der Waals surface area contributed by atoms with Crippen molar-refractivity contribution in [2.24, 2.45) is 7.05 Å². The van der Waals surface area contributed by atoms with Gasteiger partial charge in [-0.25, -0.2) is 4.98 Å². The van der Waals surface area contributed by atoms with Crippen molar-refractivity contribution in [3.8, 4) is 0 Å². The Labute approximate surface area is 80.7 Å². The van der Waals surface area contributed by atoms with Gasteiger partial charge in [-0.05, 0) is 6.07 Å². The molecule has 0 radical (unpaired) electrons. The molecular weight excluding hydrogens is 180 g/mol. The zero-order valence-electron chi connectivity index (χ0n) is 7.98. The van der Waals surface area contributed by atoms with Crippen molar-refractivity contribution >= 4 is 22.6 Å². The van der Waals surface area contributed by atoms with Gasteiger partial charge < -0.3 is 5.32 Å². The number of hydrogen-bond donors (Lipinski definition) is 1. The number of carbonyl (C=O) groups excluding carboxylic acids is 1. The number of anilines is 1. The van der Waals surface area contributed by atoms with Gasteiger partial charge >= 0.3 is 0 Å². The van der Waals surface area contributed by atoms with Gasteiger partial charge in [0.2, 0.25) is 5.91 Å². The van der Waals surface area contributed by atoms with Gasteiger partial charge in [0.15, 0.2) is 0 Å². The number of aromatic nitrogens is 3. The quantitative estimate of drug-likeness (QED) is 0.727. The first-order valence-corrected chi connectivity index (χ1v) is 4.23. The summed E-state index contributed by atoms with van der Waals surface area (Å²) in [5.41, 5.74) is 0.948. The van der Waals surface area contributed by atoms with Crippen LogP contribution in [-0.4, -0.2) is 20.7 Å². The van der Waals surface area contributed by atoms with E-state index in [9.17, 15) is 4.79 Å². The van der Waals surface area contributed by atoms with Crippen LogP contribution in [0, 0.1) is 0 Å². The first kappa shape index (κ1) is 8.68. The van der Waals surface area contributed by atoms with Crippen LogP contribution < -0.4 is 5.32 Å². The molecular formula is C9H10N4O. The number of nitrogens with zero attached hydrogens (tertiary/aromatic N) is 3. The van der Waals surface area contributed by atoms with Crippen molar-refractivity contribution in [3.05, 3.63) is 18.5 Å². The second-order valence-electron chi connectivity index (χ2n) is 3.04. The maximum atomic E-state index is 10.9. The third kappa shape index (κ3) is 1.32. The van der Waals surface area contributed by atoms with E-state index in [1.165, 1.54) is 6.92 Å². The standard InChI is InChI=1S/C9H10N4O/c1-6(14)12-9-7-5-11-13(2)8(7)3-4-10-9/h3-5H,1-2H3,(H,10,12,14). The van der Waals surface area contributed by atoms with E-state index in [0.717, 1.165) is 10.9 Å². The number of nitrogens with one attached hydrogen (secondary N) is 1. The minimum atomic E-state index is -0.131. The third-order valence-electron chi connectivity index (χ3n) is 1.97. The summed E-state index contributed by atoms with van der Waals surface area (Å²) in [7, 11) is 1.85. The van der Waals surface area contributed by atoms with Crippen LogP contribution in [0.5, 0.6) is 0 Å². The van der Waals surface area contributed by atoms with Gasteiger partial charge in [-0.3, -0.25) is 9.48 Å². The van der Waals surface area contributed by atoms with Gasteiger partial charge in [0, 0.05) is 20.2 Å². The molecule has 5 nitrogen and oxygen atoms in total. The summed E-state index contributed by atoms with van der Waals surface area (Å²) in [6, 6.07) is 1.85. The van der Waals surface area contributed by atoms with E-state index in [1.807, 2.05) is 13.1 Å². The Morgan fingerprint density at radius 3 is 3.07 bits per heavy atom. The minimum absolute atomic E-state index is 0.131. The maximum Gasteiger partial charge on any atom is 0.222 e. The fourth-order valence-corrected chi connectivity index (χ4v) is 1.35. The number of carbonyl (C=O) groups is 1. The number of pyridine rings is 1. The van der Waals surface area contributed by atoms with Crippen LogP contribution in [0.25, 0.3) is 10.9 Å². The number of fused-ring (bicyclic) bond motifs is 1. The first-order chi connectivity index (χ1) is 6.68. The summed E-state index contributed by atoms with van der Waals surface area (Å²) < 4.78 is 1.74. The highest BCUT2D eigenvalue weighted by atomic mass is 16.1. The predicted octanol–water partition coefficient (Wildman–Crippen LogP) is 0.927. The van der Waals surface area contributed by atoms with E-state index in [0.29, 0.717) is 5.82 Å². The summed E-state index contributed by atoms with van der Waals surface area (Å²) in [5, 5.41) is 7.60. The first-order valence-electron chi connectivity index (χ1n) is 4.23. The average molecular weight is 190 g/mol. The molecule has 1 N–H and O–H groups in total. The molecule has 0 aliphatic carbocycles. The zero-order valence-corrected chi connectivity index (χ0v) is 7.98. The highest BCUT2D eigenvalue weighted by Gasteiger charge is 2.06. The highest BCUT2D eigenvalue weighted by molar-refractivity contribution is 5.98. The molecule has 0 saturated heterocycles. The van der Waals surface area contributed by atoms with Crippen molar-refractivity contribution < 1.29 is 4.79 Å². The molecule has 1 amide bonds. The summed E-state index contributed by atoms with van der Waals surface area (Å²) in [5.74, 6) is 0.428. The Kier molecular flexibility index (Phi) is 1.92. The summed E-state index contributed by atoms with van der Waals surface area (Å²) in [4.78, 5) is 15.0. The Morgan fingerprint density at radius 2 is 2.36 bits per heavy atom. The maximum absolute atomic E-state index is 10.9. The van der Waals surface area contributed by atoms with Crippen LogP contribution in [0.15, 0.2) is 18.5 Å². The second-order valence-corrected chi connectivity index (χ2v) is 3.04. The molecule has 0 unspecified atom stereocenters. The Bertz CT molecular complexity index is 489. The minimum Gasteiger partial charge on any atom is -0.310 e. The van der Waals surface area contributed by atoms with E-state index in [4.69, 9.17) is 0 Å². The van der Waals surface area contributed by atoms with E-state index in [-0.39, 0.29) is 5.91 Å². The Hall–Kier alpha value is -1.91. The molecule has 2 rings (SSSR count). The molecule has 2 aromatic heterocycles. The van der Waals surface area contributed by atoms with Crippen molar-refractivity contribution in [3.63, 3.8) is 0 Å². The van der Waals surface area contributed by atoms with Gasteiger partial charge in [0.1, 0.15) is 5.82 Å². The number of hydrogen-bond acceptors (Lipinski definition) is 3. The molecule has 0 aromatic carbocycles. The van der Waals surface area contributed by atoms with Gasteiger partial charge in [-0.2, -0.15) is 5.10 Å². The fraction of sp³-hybridized carbons (Fsp3) is 0.222. The molecule has 2 aromatic rings. The molecule has 72 valence electrons. The van der Waals surface area contributed by atoms with Gasteiger partial charge in [0.25, 0.3) is 0 Å². The van der Waals surface area contributed by atoms with Crippen molar-refractivity contribution in [2.75, 3.05) is 5.32 Å². The molecule has 0 aliphatic rings. The lowest BCUT2D eigenvalue weighted by atomic mass is 10.3. The average Bonchev–Trinajstić information content (AvgIpc) is 2.49. The van der Waals surface area contributed by atoms with Gasteiger partial charge in [0.05, 0.1) is 17.1 Å². The van der Waals surface area contributed by atoms with Crippen molar-refractivity contribution in [1.29, 1.82) is 0 Å². The Morgan fingerprint density at radius 1 is 1.57 bits per heavy atom. The normalized spacial score (nSPS) is 10.4. The lowest BCUT2D eigenvalue weighted by Gasteiger charge is -2.01. The topological polar surface area (TPSA) is 59.8 Å². The van der Waals surface area contributed by atoms with Gasteiger partial charge in [-0.15, -0.1) is 0 Å². The number of aryl methyl sites for hydroxylation is 1. The van der Waals surface area contributed by atoms with Gasteiger partial charge in [-0.1, -0.05) is 0 Å². The van der Waals surface area contributed by atoms with Crippen LogP contribution in [-0.2, 0) is 11.8 Å². The predicted molar refractivity (Wildman–Crippen MR) is 52.8 cm³/mol. The van der Waals surface area contributed by atoms with Crippen LogP contribution in [0.3, 0.4) is 0 Å². The van der Waals surface area contributed by atoms with E-state index in [1.54, 1.807) is 17.1 Å². The number of amides is 1. The molecule has 0 fully saturated rings. The molecule has 0 bridgehead atoms. The molecule has 0 spiro atoms. The van der Waals surface area contributed by atoms with E-state index in [2.05, 4.69) is 15.4 Å². The summed E-state index contributed by atoms with van der Waals surface area (Å²) in [6.07, 6.45) is 3.34. The number of rotatable bonds is 1.